The van der Waals surface area contributed by atoms with E-state index in [9.17, 15) is 14.9 Å². The molecule has 0 atom stereocenters. The lowest BCUT2D eigenvalue weighted by atomic mass is 10.2. The number of halogens is 1. The summed E-state index contributed by atoms with van der Waals surface area (Å²) in [6.45, 7) is 0. The molecule has 0 bridgehead atoms. The molecule has 0 saturated heterocycles. The van der Waals surface area contributed by atoms with E-state index in [2.05, 4.69) is 10.2 Å². The average molecular weight is 226 g/mol. The van der Waals surface area contributed by atoms with E-state index < -0.39 is 4.92 Å². The molecule has 0 aliphatic carbocycles. The van der Waals surface area contributed by atoms with E-state index in [1.165, 1.54) is 12.1 Å². The normalized spacial score (nSPS) is 10.5. The van der Waals surface area contributed by atoms with Crippen molar-refractivity contribution in [3.05, 3.63) is 33.0 Å². The highest BCUT2D eigenvalue weighted by molar-refractivity contribution is 6.33. The van der Waals surface area contributed by atoms with Crippen LogP contribution in [-0.2, 0) is 0 Å². The number of aromatic nitrogens is 2. The van der Waals surface area contributed by atoms with Crippen LogP contribution in [0.15, 0.2) is 12.1 Å². The van der Waals surface area contributed by atoms with E-state index in [1.54, 1.807) is 0 Å². The number of aldehydes is 1. The fraction of sp³-hybridized carbons (Fsp3) is 0. The minimum absolute atomic E-state index is 0.0167. The first-order valence-corrected chi connectivity index (χ1v) is 4.28. The molecule has 0 saturated carbocycles. The minimum atomic E-state index is -0.600. The number of fused-ring (bicyclic) bond motifs is 1. The predicted molar refractivity (Wildman–Crippen MR) is 53.1 cm³/mol. The van der Waals surface area contributed by atoms with Gasteiger partial charge in [0.2, 0.25) is 0 Å². The summed E-state index contributed by atoms with van der Waals surface area (Å²) in [5.41, 5.74) is 0.364. The molecule has 1 N–H and O–H groups in total. The second kappa shape index (κ2) is 3.32. The number of hydrogen-bond acceptors (Lipinski definition) is 4. The molecule has 0 spiro atoms. The first-order chi connectivity index (χ1) is 7.13. The number of carbonyl (C=O) groups is 1. The van der Waals surface area contributed by atoms with Crippen molar-refractivity contribution in [1.82, 2.24) is 10.2 Å². The van der Waals surface area contributed by atoms with E-state index in [0.29, 0.717) is 17.2 Å². The lowest BCUT2D eigenvalue weighted by Crippen LogP contribution is -1.89. The van der Waals surface area contributed by atoms with Gasteiger partial charge >= 0.3 is 0 Å². The molecule has 0 amide bonds. The van der Waals surface area contributed by atoms with Crippen LogP contribution >= 0.6 is 11.6 Å². The summed E-state index contributed by atoms with van der Waals surface area (Å²) in [5, 5.41) is 17.2. The Morgan fingerprint density at radius 3 is 2.87 bits per heavy atom. The van der Waals surface area contributed by atoms with Crippen LogP contribution in [-0.4, -0.2) is 21.4 Å². The Balaban J connectivity index is 2.78. The summed E-state index contributed by atoms with van der Waals surface area (Å²) in [6.07, 6.45) is 0.581. The fourth-order valence-corrected chi connectivity index (χ4v) is 1.50. The van der Waals surface area contributed by atoms with Gasteiger partial charge in [-0.15, -0.1) is 0 Å². The molecule has 0 aliphatic heterocycles. The van der Waals surface area contributed by atoms with Crippen LogP contribution < -0.4 is 0 Å². The molecule has 0 radical (unpaired) electrons. The predicted octanol–water partition coefficient (Wildman–Crippen LogP) is 1.94. The molecule has 1 aromatic heterocycles. The maximum absolute atomic E-state index is 10.6. The van der Waals surface area contributed by atoms with Gasteiger partial charge in [-0.2, -0.15) is 5.10 Å². The molecule has 1 heterocycles. The summed E-state index contributed by atoms with van der Waals surface area (Å²) in [4.78, 5) is 20.5. The van der Waals surface area contributed by atoms with Crippen LogP contribution in [0, 0.1) is 10.1 Å². The maximum atomic E-state index is 10.6. The summed E-state index contributed by atoms with van der Waals surface area (Å²) < 4.78 is 0. The smallest absolute Gasteiger partial charge is 0.290 e. The number of nitrogens with zero attached hydrogens (tertiary/aromatic N) is 2. The van der Waals surface area contributed by atoms with Crippen LogP contribution in [0.3, 0.4) is 0 Å². The molecule has 0 unspecified atom stereocenters. The average Bonchev–Trinajstić information content (AvgIpc) is 2.58. The third kappa shape index (κ3) is 1.44. The number of hydrogen-bond donors (Lipinski definition) is 1. The molecule has 7 heteroatoms. The number of carbonyl (C=O) groups excluding carboxylic acids is 1. The van der Waals surface area contributed by atoms with E-state index in [-0.39, 0.29) is 16.4 Å². The monoisotopic (exact) mass is 225 g/mol. The van der Waals surface area contributed by atoms with Crippen LogP contribution in [0.25, 0.3) is 10.9 Å². The molecular formula is C8H4ClN3O3. The van der Waals surface area contributed by atoms with Crippen molar-refractivity contribution in [2.24, 2.45) is 0 Å². The number of nitro groups is 1. The third-order valence-corrected chi connectivity index (χ3v) is 2.27. The lowest BCUT2D eigenvalue weighted by molar-refractivity contribution is -0.384. The van der Waals surface area contributed by atoms with Gasteiger partial charge in [0.1, 0.15) is 10.7 Å². The molecule has 15 heavy (non-hydrogen) atoms. The zero-order chi connectivity index (χ0) is 11.0. The Hall–Kier alpha value is -1.95. The third-order valence-electron chi connectivity index (χ3n) is 1.97. The van der Waals surface area contributed by atoms with Gasteiger partial charge < -0.3 is 0 Å². The van der Waals surface area contributed by atoms with Crippen molar-refractivity contribution in [2.75, 3.05) is 0 Å². The van der Waals surface area contributed by atoms with Crippen LogP contribution in [0.4, 0.5) is 5.69 Å². The quantitative estimate of drug-likeness (QED) is 0.480. The van der Waals surface area contributed by atoms with Gasteiger partial charge in [0.25, 0.3) is 5.69 Å². The molecule has 76 valence electrons. The highest BCUT2D eigenvalue weighted by atomic mass is 35.5. The molecule has 0 aliphatic rings. The van der Waals surface area contributed by atoms with Crippen molar-refractivity contribution >= 4 is 34.5 Å². The van der Waals surface area contributed by atoms with Gasteiger partial charge in [0.05, 0.1) is 10.4 Å². The number of nitrogens with one attached hydrogen (secondary N) is 1. The van der Waals surface area contributed by atoms with Crippen LogP contribution in [0.2, 0.25) is 5.02 Å². The Labute approximate surface area is 88.0 Å². The fourth-order valence-electron chi connectivity index (χ4n) is 1.27. The van der Waals surface area contributed by atoms with Gasteiger partial charge in [-0.25, -0.2) is 0 Å². The highest BCUT2D eigenvalue weighted by Gasteiger charge is 2.16. The Morgan fingerprint density at radius 1 is 1.53 bits per heavy atom. The van der Waals surface area contributed by atoms with Gasteiger partial charge in [-0.3, -0.25) is 20.0 Å². The Morgan fingerprint density at radius 2 is 2.27 bits per heavy atom. The molecule has 2 rings (SSSR count). The molecule has 6 nitrogen and oxygen atoms in total. The second-order valence-corrected chi connectivity index (χ2v) is 3.24. The van der Waals surface area contributed by atoms with E-state index in [1.807, 2.05) is 0 Å². The van der Waals surface area contributed by atoms with Crippen molar-refractivity contribution in [3.8, 4) is 0 Å². The topological polar surface area (TPSA) is 88.9 Å². The van der Waals surface area contributed by atoms with Crippen LogP contribution in [0.5, 0.6) is 0 Å². The first-order valence-electron chi connectivity index (χ1n) is 3.90. The van der Waals surface area contributed by atoms with Crippen molar-refractivity contribution < 1.29 is 9.72 Å². The largest absolute Gasteiger partial charge is 0.296 e. The summed E-state index contributed by atoms with van der Waals surface area (Å²) in [6, 6.07) is 2.57. The standard InChI is InChI=1S/C8H4ClN3O3/c9-5-1-4-6(2-8(5)12(14)15)10-11-7(4)3-13/h1-3H,(H,10,11). The maximum Gasteiger partial charge on any atom is 0.290 e. The number of rotatable bonds is 2. The molecule has 2 aromatic rings. The SMILES string of the molecule is O=Cc1[nH]nc2cc([N+](=O)[O-])c(Cl)cc12. The Bertz CT molecular complexity index is 564. The van der Waals surface area contributed by atoms with Gasteiger partial charge in [-0.05, 0) is 6.07 Å². The van der Waals surface area contributed by atoms with E-state index in [0.717, 1.165) is 0 Å². The number of aromatic amines is 1. The minimum Gasteiger partial charge on any atom is -0.296 e. The molecular weight excluding hydrogens is 222 g/mol. The molecule has 0 fully saturated rings. The summed E-state index contributed by atoms with van der Waals surface area (Å²) in [5.74, 6) is 0. The second-order valence-electron chi connectivity index (χ2n) is 2.83. The van der Waals surface area contributed by atoms with Crippen molar-refractivity contribution in [1.29, 1.82) is 0 Å². The summed E-state index contributed by atoms with van der Waals surface area (Å²) in [7, 11) is 0. The van der Waals surface area contributed by atoms with Crippen LogP contribution in [0.1, 0.15) is 10.5 Å². The highest BCUT2D eigenvalue weighted by Crippen LogP contribution is 2.29. The number of H-pyrrole nitrogens is 1. The number of benzene rings is 1. The van der Waals surface area contributed by atoms with E-state index in [4.69, 9.17) is 11.6 Å². The number of nitro benzene ring substituents is 1. The molecule has 1 aromatic carbocycles. The zero-order valence-corrected chi connectivity index (χ0v) is 7.99. The van der Waals surface area contributed by atoms with Gasteiger partial charge in [-0.1, -0.05) is 11.6 Å². The Kier molecular flexibility index (Phi) is 2.12. The van der Waals surface area contributed by atoms with Gasteiger partial charge in [0.15, 0.2) is 6.29 Å². The lowest BCUT2D eigenvalue weighted by Gasteiger charge is -1.94. The summed E-state index contributed by atoms with van der Waals surface area (Å²) >= 11 is 5.68. The van der Waals surface area contributed by atoms with Crippen molar-refractivity contribution in [2.45, 2.75) is 0 Å². The van der Waals surface area contributed by atoms with Gasteiger partial charge in [0, 0.05) is 11.5 Å². The zero-order valence-electron chi connectivity index (χ0n) is 7.23. The van der Waals surface area contributed by atoms with E-state index >= 15 is 0 Å². The first kappa shape index (κ1) is 9.60. The van der Waals surface area contributed by atoms with Crippen molar-refractivity contribution in [3.63, 3.8) is 0 Å².